The van der Waals surface area contributed by atoms with Crippen molar-refractivity contribution in [2.24, 2.45) is 0 Å². The van der Waals surface area contributed by atoms with Gasteiger partial charge in [-0.1, -0.05) is 24.6 Å². The fourth-order valence-electron chi connectivity index (χ4n) is 2.50. The Morgan fingerprint density at radius 1 is 1.24 bits per heavy atom. The van der Waals surface area contributed by atoms with Crippen molar-refractivity contribution in [2.75, 3.05) is 12.4 Å². The quantitative estimate of drug-likeness (QED) is 0.869. The molecule has 2 aromatic rings. The largest absolute Gasteiger partial charge is 0.489 e. The molecule has 2 heterocycles. The maximum atomic E-state index is 11.9. The molecule has 5 nitrogen and oxygen atoms in total. The van der Waals surface area contributed by atoms with Gasteiger partial charge in [0.1, 0.15) is 6.61 Å². The molecule has 0 N–H and O–H groups in total. The first kappa shape index (κ1) is 14.1. The number of hydrogen-bond donors (Lipinski definition) is 0. The summed E-state index contributed by atoms with van der Waals surface area (Å²) in [5, 5.41) is 3.85. The molecule has 0 radical (unpaired) electrons. The van der Waals surface area contributed by atoms with Crippen molar-refractivity contribution in [1.82, 2.24) is 9.78 Å². The molecule has 1 unspecified atom stereocenters. The zero-order valence-corrected chi connectivity index (χ0v) is 12.5. The zero-order chi connectivity index (χ0) is 14.7. The van der Waals surface area contributed by atoms with Crippen molar-refractivity contribution in [1.29, 1.82) is 0 Å². The molecule has 0 amide bonds. The van der Waals surface area contributed by atoms with Gasteiger partial charge in [0, 0.05) is 0 Å². The van der Waals surface area contributed by atoms with Gasteiger partial charge in [0.05, 0.1) is 29.1 Å². The van der Waals surface area contributed by atoms with Crippen LogP contribution in [0.15, 0.2) is 42.7 Å². The lowest BCUT2D eigenvalue weighted by Crippen LogP contribution is -2.33. The fourth-order valence-corrected chi connectivity index (χ4v) is 4.24. The standard InChI is InChI=1S/C15H18N2O3S/c18-21(19)9-5-4-8-15(21)12-20-14-10-16-17(11-14)13-6-2-1-3-7-13/h1-3,6-7,10-11,15H,4-5,8-9,12H2. The molecule has 1 saturated heterocycles. The van der Waals surface area contributed by atoms with Crippen molar-refractivity contribution >= 4 is 9.84 Å². The molecule has 3 rings (SSSR count). The van der Waals surface area contributed by atoms with Crippen LogP contribution in [0, 0.1) is 0 Å². The number of hydrogen-bond acceptors (Lipinski definition) is 4. The minimum atomic E-state index is -2.99. The van der Waals surface area contributed by atoms with Gasteiger partial charge in [-0.05, 0) is 25.0 Å². The highest BCUT2D eigenvalue weighted by Crippen LogP contribution is 2.21. The van der Waals surface area contributed by atoms with Crippen molar-refractivity contribution in [3.05, 3.63) is 42.7 Å². The van der Waals surface area contributed by atoms with Gasteiger partial charge in [-0.3, -0.25) is 0 Å². The fraction of sp³-hybridized carbons (Fsp3) is 0.400. The highest BCUT2D eigenvalue weighted by Gasteiger charge is 2.29. The van der Waals surface area contributed by atoms with Crippen LogP contribution in [0.2, 0.25) is 0 Å². The summed E-state index contributed by atoms with van der Waals surface area (Å²) in [4.78, 5) is 0. The Bertz CT molecular complexity index is 695. The first-order valence-corrected chi connectivity index (χ1v) is 8.81. The second-order valence-corrected chi connectivity index (χ2v) is 7.65. The molecule has 21 heavy (non-hydrogen) atoms. The third-order valence-corrected chi connectivity index (χ3v) is 5.97. The summed E-state index contributed by atoms with van der Waals surface area (Å²) < 4.78 is 31.2. The summed E-state index contributed by atoms with van der Waals surface area (Å²) in [6.07, 6.45) is 5.80. The van der Waals surface area contributed by atoms with Crippen molar-refractivity contribution < 1.29 is 13.2 Å². The third-order valence-electron chi connectivity index (χ3n) is 3.73. The average Bonchev–Trinajstić information content (AvgIpc) is 2.95. The SMILES string of the molecule is O=S1(=O)CCCCC1COc1cnn(-c2ccccc2)c1. The van der Waals surface area contributed by atoms with Crippen molar-refractivity contribution in [3.63, 3.8) is 0 Å². The Labute approximate surface area is 124 Å². The molecule has 1 aromatic carbocycles. The molecule has 1 aliphatic heterocycles. The maximum absolute atomic E-state index is 11.9. The lowest BCUT2D eigenvalue weighted by molar-refractivity contribution is 0.302. The van der Waals surface area contributed by atoms with E-state index in [9.17, 15) is 8.42 Å². The van der Waals surface area contributed by atoms with Crippen LogP contribution < -0.4 is 4.74 Å². The lowest BCUT2D eigenvalue weighted by Gasteiger charge is -2.21. The van der Waals surface area contributed by atoms with E-state index in [1.165, 1.54) is 0 Å². The third kappa shape index (κ3) is 3.26. The van der Waals surface area contributed by atoms with Gasteiger partial charge in [0.15, 0.2) is 15.6 Å². The van der Waals surface area contributed by atoms with Gasteiger partial charge >= 0.3 is 0 Å². The second-order valence-electron chi connectivity index (χ2n) is 5.25. The van der Waals surface area contributed by atoms with Crippen LogP contribution in [0.1, 0.15) is 19.3 Å². The Hall–Kier alpha value is -1.82. The van der Waals surface area contributed by atoms with E-state index in [2.05, 4.69) is 5.10 Å². The molecule has 0 bridgehead atoms. The van der Waals surface area contributed by atoms with E-state index in [-0.39, 0.29) is 17.6 Å². The Kier molecular flexibility index (Phi) is 3.96. The number of aromatic nitrogens is 2. The Morgan fingerprint density at radius 2 is 2.05 bits per heavy atom. The molecule has 0 aliphatic carbocycles. The van der Waals surface area contributed by atoms with Gasteiger partial charge in [0.2, 0.25) is 0 Å². The van der Waals surface area contributed by atoms with Crippen LogP contribution in [0.25, 0.3) is 5.69 Å². The molecular formula is C15H18N2O3S. The van der Waals surface area contributed by atoms with Gasteiger partial charge in [-0.15, -0.1) is 0 Å². The minimum Gasteiger partial charge on any atom is -0.489 e. The van der Waals surface area contributed by atoms with Crippen LogP contribution in [-0.2, 0) is 9.84 Å². The molecule has 112 valence electrons. The number of nitrogens with zero attached hydrogens (tertiary/aromatic N) is 2. The predicted octanol–water partition coefficient (Wildman–Crippen LogP) is 2.22. The molecule has 0 spiro atoms. The first-order chi connectivity index (χ1) is 10.1. The molecule has 1 aliphatic rings. The number of sulfone groups is 1. The zero-order valence-electron chi connectivity index (χ0n) is 11.7. The van der Waals surface area contributed by atoms with Gasteiger partial charge < -0.3 is 4.74 Å². The van der Waals surface area contributed by atoms with Crippen LogP contribution in [-0.4, -0.2) is 35.8 Å². The minimum absolute atomic E-state index is 0.211. The van der Waals surface area contributed by atoms with E-state index < -0.39 is 9.84 Å². The Balaban J connectivity index is 1.65. The summed E-state index contributed by atoms with van der Waals surface area (Å²) >= 11 is 0. The summed E-state index contributed by atoms with van der Waals surface area (Å²) in [6.45, 7) is 0.211. The highest BCUT2D eigenvalue weighted by atomic mass is 32.2. The normalized spacial score (nSPS) is 21.0. The molecule has 1 aromatic heterocycles. The van der Waals surface area contributed by atoms with Crippen molar-refractivity contribution in [3.8, 4) is 11.4 Å². The Morgan fingerprint density at radius 3 is 2.81 bits per heavy atom. The topological polar surface area (TPSA) is 61.2 Å². The molecule has 0 saturated carbocycles. The molecule has 6 heteroatoms. The number of benzene rings is 1. The monoisotopic (exact) mass is 306 g/mol. The van der Waals surface area contributed by atoms with E-state index in [0.29, 0.717) is 12.2 Å². The average molecular weight is 306 g/mol. The second kappa shape index (κ2) is 5.89. The van der Waals surface area contributed by atoms with Crippen LogP contribution >= 0.6 is 0 Å². The lowest BCUT2D eigenvalue weighted by atomic mass is 10.2. The summed E-state index contributed by atoms with van der Waals surface area (Å²) in [5.74, 6) is 0.879. The van der Waals surface area contributed by atoms with Crippen molar-refractivity contribution in [2.45, 2.75) is 24.5 Å². The van der Waals surface area contributed by atoms with Crippen LogP contribution in [0.4, 0.5) is 0 Å². The predicted molar refractivity (Wildman–Crippen MR) is 80.5 cm³/mol. The molecular weight excluding hydrogens is 288 g/mol. The van der Waals surface area contributed by atoms with Crippen LogP contribution in [0.5, 0.6) is 5.75 Å². The van der Waals surface area contributed by atoms with E-state index >= 15 is 0 Å². The molecule has 1 fully saturated rings. The summed E-state index contributed by atoms with van der Waals surface area (Å²) in [7, 11) is -2.99. The molecule has 1 atom stereocenters. The van der Waals surface area contributed by atoms with Gasteiger partial charge in [-0.25, -0.2) is 13.1 Å². The maximum Gasteiger partial charge on any atom is 0.157 e. The number of para-hydroxylation sites is 1. The van der Waals surface area contributed by atoms with E-state index in [1.54, 1.807) is 17.1 Å². The number of rotatable bonds is 4. The van der Waals surface area contributed by atoms with Crippen LogP contribution in [0.3, 0.4) is 0 Å². The van der Waals surface area contributed by atoms with E-state index in [1.807, 2.05) is 30.3 Å². The van der Waals surface area contributed by atoms with Gasteiger partial charge in [0.25, 0.3) is 0 Å². The highest BCUT2D eigenvalue weighted by molar-refractivity contribution is 7.92. The van der Waals surface area contributed by atoms with E-state index in [0.717, 1.165) is 18.5 Å². The number of ether oxygens (including phenoxy) is 1. The first-order valence-electron chi connectivity index (χ1n) is 7.10. The summed E-state index contributed by atoms with van der Waals surface area (Å²) in [6, 6.07) is 9.71. The smallest absolute Gasteiger partial charge is 0.157 e. The van der Waals surface area contributed by atoms with E-state index in [4.69, 9.17) is 4.74 Å². The summed E-state index contributed by atoms with van der Waals surface area (Å²) in [5.41, 5.74) is 0.942. The van der Waals surface area contributed by atoms with Gasteiger partial charge in [-0.2, -0.15) is 5.10 Å².